The molecular formula is C19H28FN3O2. The van der Waals surface area contributed by atoms with Crippen LogP contribution in [-0.2, 0) is 4.79 Å². The predicted molar refractivity (Wildman–Crippen MR) is 94.6 cm³/mol. The van der Waals surface area contributed by atoms with Crippen molar-refractivity contribution in [3.8, 4) is 0 Å². The van der Waals surface area contributed by atoms with Gasteiger partial charge in [-0.15, -0.1) is 0 Å². The lowest BCUT2D eigenvalue weighted by molar-refractivity contribution is -0.132. The lowest BCUT2D eigenvalue weighted by Crippen LogP contribution is -2.47. The molecule has 2 saturated heterocycles. The van der Waals surface area contributed by atoms with E-state index in [2.05, 4.69) is 16.7 Å². The Morgan fingerprint density at radius 1 is 1.24 bits per heavy atom. The van der Waals surface area contributed by atoms with Gasteiger partial charge in [0.15, 0.2) is 0 Å². The number of hydrogen-bond acceptors (Lipinski definition) is 4. The van der Waals surface area contributed by atoms with E-state index in [-0.39, 0.29) is 17.8 Å². The fourth-order valence-electron chi connectivity index (χ4n) is 3.85. The monoisotopic (exact) mass is 349 g/mol. The molecule has 0 unspecified atom stereocenters. The first kappa shape index (κ1) is 18.3. The van der Waals surface area contributed by atoms with Gasteiger partial charge in [0, 0.05) is 45.7 Å². The van der Waals surface area contributed by atoms with E-state index in [0.717, 1.165) is 44.8 Å². The zero-order chi connectivity index (χ0) is 17.8. The van der Waals surface area contributed by atoms with Crippen molar-refractivity contribution in [2.24, 2.45) is 0 Å². The zero-order valence-electron chi connectivity index (χ0n) is 14.9. The number of aliphatic hydroxyl groups excluding tert-OH is 1. The number of halogens is 1. The number of likely N-dealkylation sites (N-methyl/N-ethyl adjacent to an activating group) is 1. The van der Waals surface area contributed by atoms with Gasteiger partial charge in [0.05, 0.1) is 12.1 Å². The van der Waals surface area contributed by atoms with Gasteiger partial charge in [-0.25, -0.2) is 4.39 Å². The van der Waals surface area contributed by atoms with Crippen LogP contribution in [0.2, 0.25) is 0 Å². The van der Waals surface area contributed by atoms with Crippen molar-refractivity contribution in [3.63, 3.8) is 0 Å². The molecule has 1 aromatic rings. The molecule has 0 aromatic heterocycles. The van der Waals surface area contributed by atoms with Crippen molar-refractivity contribution < 1.29 is 14.3 Å². The van der Waals surface area contributed by atoms with Crippen molar-refractivity contribution in [1.29, 1.82) is 0 Å². The van der Waals surface area contributed by atoms with Crippen LogP contribution in [0.4, 0.5) is 4.39 Å². The molecule has 2 aliphatic rings. The summed E-state index contributed by atoms with van der Waals surface area (Å²) in [6, 6.07) is 6.13. The number of rotatable bonds is 5. The van der Waals surface area contributed by atoms with Gasteiger partial charge in [0.1, 0.15) is 5.82 Å². The van der Waals surface area contributed by atoms with Crippen LogP contribution in [0.25, 0.3) is 0 Å². The highest BCUT2D eigenvalue weighted by molar-refractivity contribution is 5.77. The normalized spacial score (nSPS) is 25.5. The van der Waals surface area contributed by atoms with Gasteiger partial charge >= 0.3 is 0 Å². The van der Waals surface area contributed by atoms with E-state index in [1.807, 2.05) is 6.07 Å². The average Bonchev–Trinajstić information content (AvgIpc) is 3.02. The second kappa shape index (κ2) is 8.25. The Morgan fingerprint density at radius 3 is 2.64 bits per heavy atom. The third kappa shape index (κ3) is 4.57. The number of carbonyl (C=O) groups excluding carboxylic acids is 1. The standard InChI is InChI=1S/C19H28FN3O2/c1-2-21-8-10-22(11-9-21)7-6-19(25)23-14-17(24)13-18(23)15-4-3-5-16(20)12-15/h3-5,12,17-18,24H,2,6-11,13-14H2,1H3/t17-,18+/m1/s1. The maximum Gasteiger partial charge on any atom is 0.224 e. The Hall–Kier alpha value is -1.50. The third-order valence-corrected chi connectivity index (χ3v) is 5.39. The number of amides is 1. The summed E-state index contributed by atoms with van der Waals surface area (Å²) in [6.07, 6.45) is 0.389. The molecule has 1 N–H and O–H groups in total. The highest BCUT2D eigenvalue weighted by Crippen LogP contribution is 2.33. The quantitative estimate of drug-likeness (QED) is 0.875. The van der Waals surface area contributed by atoms with Crippen molar-refractivity contribution in [2.45, 2.75) is 31.9 Å². The topological polar surface area (TPSA) is 47.0 Å². The fourth-order valence-corrected chi connectivity index (χ4v) is 3.85. The zero-order valence-corrected chi connectivity index (χ0v) is 14.9. The first-order valence-corrected chi connectivity index (χ1v) is 9.24. The van der Waals surface area contributed by atoms with Gasteiger partial charge in [-0.2, -0.15) is 0 Å². The van der Waals surface area contributed by atoms with Crippen LogP contribution >= 0.6 is 0 Å². The molecule has 2 atom stereocenters. The van der Waals surface area contributed by atoms with Crippen LogP contribution in [-0.4, -0.2) is 77.6 Å². The molecule has 1 aromatic carbocycles. The fraction of sp³-hybridized carbons (Fsp3) is 0.632. The smallest absolute Gasteiger partial charge is 0.224 e. The molecule has 2 fully saturated rings. The van der Waals surface area contributed by atoms with Crippen molar-refractivity contribution in [1.82, 2.24) is 14.7 Å². The number of nitrogens with zero attached hydrogens (tertiary/aromatic N) is 3. The van der Waals surface area contributed by atoms with Crippen LogP contribution in [0, 0.1) is 5.82 Å². The van der Waals surface area contributed by atoms with Gasteiger partial charge in [0.25, 0.3) is 0 Å². The van der Waals surface area contributed by atoms with E-state index in [9.17, 15) is 14.3 Å². The second-order valence-electron chi connectivity index (χ2n) is 7.03. The number of carbonyl (C=O) groups is 1. The van der Waals surface area contributed by atoms with Gasteiger partial charge in [-0.05, 0) is 30.7 Å². The van der Waals surface area contributed by atoms with Crippen LogP contribution in [0.15, 0.2) is 24.3 Å². The molecule has 138 valence electrons. The lowest BCUT2D eigenvalue weighted by Gasteiger charge is -2.34. The first-order chi connectivity index (χ1) is 12.1. The van der Waals surface area contributed by atoms with Crippen molar-refractivity contribution in [2.75, 3.05) is 45.8 Å². The molecule has 25 heavy (non-hydrogen) atoms. The minimum Gasteiger partial charge on any atom is -0.391 e. The molecule has 0 bridgehead atoms. The Bertz CT molecular complexity index is 590. The van der Waals surface area contributed by atoms with Gasteiger partial charge in [-0.1, -0.05) is 19.1 Å². The van der Waals surface area contributed by atoms with E-state index in [0.29, 0.717) is 19.4 Å². The van der Waals surface area contributed by atoms with Crippen LogP contribution < -0.4 is 0 Å². The van der Waals surface area contributed by atoms with Crippen molar-refractivity contribution >= 4 is 5.91 Å². The molecule has 1 amide bonds. The highest BCUT2D eigenvalue weighted by atomic mass is 19.1. The number of benzene rings is 1. The number of piperazine rings is 1. The van der Waals surface area contributed by atoms with Crippen LogP contribution in [0.5, 0.6) is 0 Å². The summed E-state index contributed by atoms with van der Waals surface area (Å²) in [6.45, 7) is 8.44. The molecule has 3 rings (SSSR count). The maximum atomic E-state index is 13.5. The summed E-state index contributed by atoms with van der Waals surface area (Å²) < 4.78 is 13.5. The van der Waals surface area contributed by atoms with E-state index in [1.54, 1.807) is 11.0 Å². The molecule has 6 heteroatoms. The number of hydrogen-bond donors (Lipinski definition) is 1. The summed E-state index contributed by atoms with van der Waals surface area (Å²) in [5.41, 5.74) is 0.765. The molecule has 2 aliphatic heterocycles. The average molecular weight is 349 g/mol. The van der Waals surface area contributed by atoms with Crippen LogP contribution in [0.1, 0.15) is 31.4 Å². The Labute approximate surface area is 149 Å². The van der Waals surface area contributed by atoms with E-state index >= 15 is 0 Å². The van der Waals surface area contributed by atoms with Crippen LogP contribution in [0.3, 0.4) is 0 Å². The number of β-amino-alcohol motifs (C(OH)–C–C–N with tert-alkyl or cyclic N) is 1. The minimum absolute atomic E-state index is 0.0451. The molecule has 0 aliphatic carbocycles. The van der Waals surface area contributed by atoms with E-state index in [1.165, 1.54) is 12.1 Å². The van der Waals surface area contributed by atoms with Gasteiger partial charge in [-0.3, -0.25) is 4.79 Å². The Balaban J connectivity index is 1.57. The molecule has 5 nitrogen and oxygen atoms in total. The van der Waals surface area contributed by atoms with Gasteiger partial charge < -0.3 is 19.8 Å². The summed E-state index contributed by atoms with van der Waals surface area (Å²) >= 11 is 0. The molecule has 2 heterocycles. The summed E-state index contributed by atoms with van der Waals surface area (Å²) in [5.74, 6) is -0.260. The highest BCUT2D eigenvalue weighted by Gasteiger charge is 2.35. The Morgan fingerprint density at radius 2 is 1.96 bits per heavy atom. The third-order valence-electron chi connectivity index (χ3n) is 5.39. The van der Waals surface area contributed by atoms with Crippen molar-refractivity contribution in [3.05, 3.63) is 35.6 Å². The Kier molecular flexibility index (Phi) is 6.04. The maximum absolute atomic E-state index is 13.5. The molecule has 0 radical (unpaired) electrons. The van der Waals surface area contributed by atoms with E-state index in [4.69, 9.17) is 0 Å². The summed E-state index contributed by atoms with van der Waals surface area (Å²) in [4.78, 5) is 19.2. The SMILES string of the molecule is CCN1CCN(CCC(=O)N2C[C@H](O)C[C@H]2c2cccc(F)c2)CC1. The predicted octanol–water partition coefficient (Wildman–Crippen LogP) is 1.49. The van der Waals surface area contributed by atoms with Gasteiger partial charge in [0.2, 0.25) is 5.91 Å². The second-order valence-corrected chi connectivity index (χ2v) is 7.03. The number of aliphatic hydroxyl groups is 1. The summed E-state index contributed by atoms with van der Waals surface area (Å²) in [5, 5.41) is 10.0. The summed E-state index contributed by atoms with van der Waals surface area (Å²) in [7, 11) is 0. The number of likely N-dealkylation sites (tertiary alicyclic amines) is 1. The lowest BCUT2D eigenvalue weighted by atomic mass is 10.0. The molecule has 0 saturated carbocycles. The first-order valence-electron chi connectivity index (χ1n) is 9.24. The molecule has 0 spiro atoms. The molecular weight excluding hydrogens is 321 g/mol. The van der Waals surface area contributed by atoms with E-state index < -0.39 is 6.10 Å². The largest absolute Gasteiger partial charge is 0.391 e. The minimum atomic E-state index is -0.537.